The second-order valence-corrected chi connectivity index (χ2v) is 10.5. The number of likely N-dealkylation sites (tertiary alicyclic amines) is 1. The third kappa shape index (κ3) is 6.24. The molecule has 3 aromatic rings. The number of rotatable bonds is 8. The van der Waals surface area contributed by atoms with Gasteiger partial charge in [0, 0.05) is 36.9 Å². The van der Waals surface area contributed by atoms with Crippen LogP contribution in [0.2, 0.25) is 0 Å². The molecule has 4 rings (SSSR count). The molecule has 0 saturated carbocycles. The molecule has 0 aromatic heterocycles. The van der Waals surface area contributed by atoms with Crippen molar-refractivity contribution in [2.45, 2.75) is 43.9 Å². The summed E-state index contributed by atoms with van der Waals surface area (Å²) in [6.45, 7) is 5.11. The highest BCUT2D eigenvalue weighted by atomic mass is 32.2. The van der Waals surface area contributed by atoms with Crippen LogP contribution in [0.5, 0.6) is 0 Å². The molecule has 1 heterocycles. The molecular formula is C28H31FN2O5S. The number of ether oxygens (including phenoxy) is 1. The highest BCUT2D eigenvalue weighted by molar-refractivity contribution is 7.85. The summed E-state index contributed by atoms with van der Waals surface area (Å²) >= 11 is 0. The van der Waals surface area contributed by atoms with Crippen LogP contribution in [0.3, 0.4) is 0 Å². The highest BCUT2D eigenvalue weighted by Gasteiger charge is 2.29. The Morgan fingerprint density at radius 1 is 1.11 bits per heavy atom. The van der Waals surface area contributed by atoms with Crippen molar-refractivity contribution in [1.29, 1.82) is 0 Å². The van der Waals surface area contributed by atoms with Crippen molar-refractivity contribution < 1.29 is 26.9 Å². The van der Waals surface area contributed by atoms with Gasteiger partial charge in [0.25, 0.3) is 16.0 Å². The van der Waals surface area contributed by atoms with Gasteiger partial charge in [0.05, 0.1) is 4.90 Å². The molecule has 1 amide bonds. The van der Waals surface area contributed by atoms with Crippen LogP contribution in [0.25, 0.3) is 11.1 Å². The number of nitrogens with zero attached hydrogens (tertiary/aromatic N) is 1. The predicted molar refractivity (Wildman–Crippen MR) is 139 cm³/mol. The molecule has 0 bridgehead atoms. The first kappa shape index (κ1) is 26.9. The molecule has 37 heavy (non-hydrogen) atoms. The third-order valence-electron chi connectivity index (χ3n) is 6.69. The van der Waals surface area contributed by atoms with E-state index in [0.717, 1.165) is 11.1 Å². The van der Waals surface area contributed by atoms with E-state index in [-0.39, 0.29) is 33.8 Å². The molecule has 1 saturated heterocycles. The maximum atomic E-state index is 15.0. The van der Waals surface area contributed by atoms with Gasteiger partial charge in [0.1, 0.15) is 12.0 Å². The van der Waals surface area contributed by atoms with Crippen molar-refractivity contribution in [2.24, 2.45) is 0 Å². The summed E-state index contributed by atoms with van der Waals surface area (Å²) in [6.07, 6.45) is 0.892. The number of hydrogen-bond donors (Lipinski definition) is 2. The first-order chi connectivity index (χ1) is 17.7. The molecule has 2 N–H and O–H groups in total. The van der Waals surface area contributed by atoms with Gasteiger partial charge in [0.15, 0.2) is 0 Å². The molecule has 0 spiro atoms. The van der Waals surface area contributed by atoms with Gasteiger partial charge in [-0.15, -0.1) is 0 Å². The van der Waals surface area contributed by atoms with Crippen molar-refractivity contribution in [3.8, 4) is 11.1 Å². The molecule has 7 nitrogen and oxygen atoms in total. The van der Waals surface area contributed by atoms with E-state index in [9.17, 15) is 17.8 Å². The fraction of sp³-hybridized carbons (Fsp3) is 0.321. The minimum atomic E-state index is -4.42. The fourth-order valence-corrected chi connectivity index (χ4v) is 5.54. The van der Waals surface area contributed by atoms with Crippen LogP contribution in [0, 0.1) is 12.7 Å². The highest BCUT2D eigenvalue weighted by Crippen LogP contribution is 2.30. The van der Waals surface area contributed by atoms with E-state index in [1.54, 1.807) is 6.07 Å². The SMILES string of the molecule is CCOC(c1ccc(-c2ccccc2)c(F)c1)N1CCC(NC(=O)c2cccc(S(=O)(=O)O)c2C)CC1. The van der Waals surface area contributed by atoms with E-state index >= 15 is 4.39 Å². The molecule has 196 valence electrons. The molecule has 1 atom stereocenters. The van der Waals surface area contributed by atoms with Gasteiger partial charge in [-0.1, -0.05) is 48.5 Å². The number of amides is 1. The second kappa shape index (κ2) is 11.5. The third-order valence-corrected chi connectivity index (χ3v) is 7.69. The minimum absolute atomic E-state index is 0.114. The summed E-state index contributed by atoms with van der Waals surface area (Å²) in [5, 5.41) is 2.98. The number of carbonyl (C=O) groups excluding carboxylic acids is 1. The Morgan fingerprint density at radius 3 is 2.43 bits per heavy atom. The van der Waals surface area contributed by atoms with Crippen LogP contribution < -0.4 is 5.32 Å². The zero-order valence-corrected chi connectivity index (χ0v) is 21.7. The van der Waals surface area contributed by atoms with E-state index in [1.807, 2.05) is 43.3 Å². The molecule has 1 fully saturated rings. The molecule has 1 aliphatic heterocycles. The number of benzene rings is 3. The molecule has 1 aliphatic rings. The number of hydrogen-bond acceptors (Lipinski definition) is 5. The van der Waals surface area contributed by atoms with Crippen LogP contribution >= 0.6 is 0 Å². The Labute approximate surface area is 217 Å². The molecule has 0 aliphatic carbocycles. The van der Waals surface area contributed by atoms with Crippen molar-refractivity contribution in [1.82, 2.24) is 10.2 Å². The molecule has 9 heteroatoms. The first-order valence-electron chi connectivity index (χ1n) is 12.3. The first-order valence-corrected chi connectivity index (χ1v) is 13.7. The average molecular weight is 527 g/mol. The largest absolute Gasteiger partial charge is 0.359 e. The Balaban J connectivity index is 1.43. The quantitative estimate of drug-likeness (QED) is 0.402. The van der Waals surface area contributed by atoms with E-state index in [1.165, 1.54) is 31.2 Å². The zero-order chi connectivity index (χ0) is 26.6. The van der Waals surface area contributed by atoms with Gasteiger partial charge in [0.2, 0.25) is 0 Å². The van der Waals surface area contributed by atoms with Crippen LogP contribution in [-0.2, 0) is 14.9 Å². The van der Waals surface area contributed by atoms with E-state index in [0.29, 0.717) is 38.1 Å². The number of halogens is 1. The molecule has 3 aromatic carbocycles. The van der Waals surface area contributed by atoms with Crippen molar-refractivity contribution >= 4 is 16.0 Å². The lowest BCUT2D eigenvalue weighted by Crippen LogP contribution is -2.46. The van der Waals surface area contributed by atoms with Crippen molar-refractivity contribution in [3.63, 3.8) is 0 Å². The maximum Gasteiger partial charge on any atom is 0.294 e. The standard InChI is InChI=1S/C28H31FN2O5S/c1-3-36-28(21-12-13-24(25(29)18-21)20-8-5-4-6-9-20)31-16-14-22(15-17-31)30-27(32)23-10-7-11-26(19(23)2)37(33,34)35/h4-13,18,22,28H,3,14-17H2,1-2H3,(H,30,32)(H,33,34,35). The summed E-state index contributed by atoms with van der Waals surface area (Å²) in [7, 11) is -4.42. The van der Waals surface area contributed by atoms with Crippen molar-refractivity contribution in [2.75, 3.05) is 19.7 Å². The predicted octanol–water partition coefficient (Wildman–Crippen LogP) is 4.98. The van der Waals surface area contributed by atoms with Crippen LogP contribution in [0.1, 0.15) is 47.5 Å². The van der Waals surface area contributed by atoms with Crippen LogP contribution in [0.15, 0.2) is 71.6 Å². The zero-order valence-electron chi connectivity index (χ0n) is 20.9. The fourth-order valence-electron chi connectivity index (χ4n) is 4.79. The average Bonchev–Trinajstić information content (AvgIpc) is 2.87. The summed E-state index contributed by atoms with van der Waals surface area (Å²) in [6, 6.07) is 18.7. The minimum Gasteiger partial charge on any atom is -0.359 e. The summed E-state index contributed by atoms with van der Waals surface area (Å²) in [4.78, 5) is 14.7. The molecule has 0 radical (unpaired) electrons. The summed E-state index contributed by atoms with van der Waals surface area (Å²) < 4.78 is 53.6. The van der Waals surface area contributed by atoms with E-state index < -0.39 is 16.3 Å². The van der Waals surface area contributed by atoms with E-state index in [4.69, 9.17) is 4.74 Å². The normalized spacial score (nSPS) is 15.9. The smallest absolute Gasteiger partial charge is 0.294 e. The summed E-state index contributed by atoms with van der Waals surface area (Å²) in [5.41, 5.74) is 2.50. The molecule has 1 unspecified atom stereocenters. The van der Waals surface area contributed by atoms with Crippen molar-refractivity contribution in [3.05, 3.63) is 89.2 Å². The van der Waals surface area contributed by atoms with Gasteiger partial charge in [-0.25, -0.2) is 4.39 Å². The monoisotopic (exact) mass is 526 g/mol. The van der Waals surface area contributed by atoms with Gasteiger partial charge in [-0.2, -0.15) is 8.42 Å². The molecular weight excluding hydrogens is 495 g/mol. The summed E-state index contributed by atoms with van der Waals surface area (Å²) in [5.74, 6) is -0.695. The number of nitrogens with one attached hydrogen (secondary N) is 1. The lowest BCUT2D eigenvalue weighted by molar-refractivity contribution is -0.0679. The van der Waals surface area contributed by atoms with Crippen LogP contribution in [-0.4, -0.2) is 49.5 Å². The Bertz CT molecular complexity index is 1360. The topological polar surface area (TPSA) is 95.9 Å². The second-order valence-electron chi connectivity index (χ2n) is 9.10. The van der Waals surface area contributed by atoms with Gasteiger partial charge >= 0.3 is 0 Å². The maximum absolute atomic E-state index is 15.0. The van der Waals surface area contributed by atoms with Crippen LogP contribution in [0.4, 0.5) is 4.39 Å². The lowest BCUT2D eigenvalue weighted by Gasteiger charge is -2.37. The Kier molecular flexibility index (Phi) is 8.39. The number of carbonyl (C=O) groups is 1. The number of piperidine rings is 1. The van der Waals surface area contributed by atoms with Gasteiger partial charge in [-0.05, 0) is 61.6 Å². The van der Waals surface area contributed by atoms with Gasteiger partial charge < -0.3 is 10.1 Å². The van der Waals surface area contributed by atoms with E-state index in [2.05, 4.69) is 10.2 Å². The lowest BCUT2D eigenvalue weighted by atomic mass is 10.00. The Morgan fingerprint density at radius 2 is 1.81 bits per heavy atom. The Hall–Kier alpha value is -3.11. The van der Waals surface area contributed by atoms with Gasteiger partial charge in [-0.3, -0.25) is 14.2 Å².